The molecule has 1 aromatic rings. The summed E-state index contributed by atoms with van der Waals surface area (Å²) < 4.78 is 8.22. The highest BCUT2D eigenvalue weighted by atomic mass is 127. The second kappa shape index (κ2) is 7.96. The van der Waals surface area contributed by atoms with Crippen molar-refractivity contribution < 1.29 is 4.74 Å². The molecule has 1 N–H and O–H groups in total. The van der Waals surface area contributed by atoms with Crippen LogP contribution >= 0.6 is 38.5 Å². The molecule has 2 rings (SSSR count). The highest BCUT2D eigenvalue weighted by Crippen LogP contribution is 2.30. The van der Waals surface area contributed by atoms with Crippen LogP contribution in [0.2, 0.25) is 0 Å². The molecule has 0 radical (unpaired) electrons. The number of halogens is 2. The molecule has 19 heavy (non-hydrogen) atoms. The molecule has 1 fully saturated rings. The number of rotatable bonds is 6. The number of benzene rings is 1. The smallest absolute Gasteiger partial charge is 0.0576 e. The van der Waals surface area contributed by atoms with Gasteiger partial charge >= 0.3 is 0 Å². The molecule has 1 aliphatic rings. The predicted molar refractivity (Wildman–Crippen MR) is 91.5 cm³/mol. The van der Waals surface area contributed by atoms with Gasteiger partial charge in [-0.25, -0.2) is 0 Å². The lowest BCUT2D eigenvalue weighted by atomic mass is 9.99. The van der Waals surface area contributed by atoms with E-state index in [0.29, 0.717) is 12.1 Å². The lowest BCUT2D eigenvalue weighted by molar-refractivity contribution is 0.0996. The molecule has 0 aliphatic carbocycles. The van der Waals surface area contributed by atoms with Crippen LogP contribution < -0.4 is 5.32 Å². The summed E-state index contributed by atoms with van der Waals surface area (Å²) in [7, 11) is 0. The molecule has 0 aromatic heterocycles. The van der Waals surface area contributed by atoms with Crippen LogP contribution in [0.25, 0.3) is 0 Å². The summed E-state index contributed by atoms with van der Waals surface area (Å²) in [5.41, 5.74) is 1.37. The standard InChI is InChI=1S/C15H21BrINO/c1-2-18-15(8-6-12-4-3-9-19-12)13-10-11(17)5-7-14(13)16/h5,7,10,12,15,18H,2-4,6,8-9H2,1H3. The van der Waals surface area contributed by atoms with Crippen LogP contribution in [0, 0.1) is 3.57 Å². The van der Waals surface area contributed by atoms with Gasteiger partial charge in [-0.2, -0.15) is 0 Å². The van der Waals surface area contributed by atoms with Crippen LogP contribution in [0.1, 0.15) is 44.2 Å². The topological polar surface area (TPSA) is 21.3 Å². The van der Waals surface area contributed by atoms with Gasteiger partial charge in [0.05, 0.1) is 6.10 Å². The first kappa shape index (κ1) is 15.7. The Morgan fingerprint density at radius 2 is 2.37 bits per heavy atom. The molecule has 1 heterocycles. The van der Waals surface area contributed by atoms with Gasteiger partial charge < -0.3 is 10.1 Å². The van der Waals surface area contributed by atoms with Gasteiger partial charge in [0, 0.05) is 20.7 Å². The highest BCUT2D eigenvalue weighted by molar-refractivity contribution is 14.1. The number of hydrogen-bond acceptors (Lipinski definition) is 2. The van der Waals surface area contributed by atoms with Crippen molar-refractivity contribution in [2.75, 3.05) is 13.2 Å². The number of hydrogen-bond donors (Lipinski definition) is 1. The second-order valence-corrected chi connectivity index (χ2v) is 7.09. The summed E-state index contributed by atoms with van der Waals surface area (Å²) in [5.74, 6) is 0. The van der Waals surface area contributed by atoms with Crippen LogP contribution in [0.5, 0.6) is 0 Å². The fourth-order valence-corrected chi connectivity index (χ4v) is 3.66. The molecule has 0 amide bonds. The van der Waals surface area contributed by atoms with Crippen molar-refractivity contribution in [3.05, 3.63) is 31.8 Å². The molecule has 4 heteroatoms. The molecule has 1 aliphatic heterocycles. The van der Waals surface area contributed by atoms with E-state index in [0.717, 1.165) is 26.0 Å². The molecule has 1 saturated heterocycles. The van der Waals surface area contributed by atoms with Crippen molar-refractivity contribution in [1.29, 1.82) is 0 Å². The zero-order valence-electron chi connectivity index (χ0n) is 11.3. The average Bonchev–Trinajstić information content (AvgIpc) is 2.91. The Morgan fingerprint density at radius 3 is 3.05 bits per heavy atom. The second-order valence-electron chi connectivity index (χ2n) is 4.99. The van der Waals surface area contributed by atoms with Gasteiger partial charge in [-0.3, -0.25) is 0 Å². The normalized spacial score (nSPS) is 20.7. The van der Waals surface area contributed by atoms with E-state index >= 15 is 0 Å². The lowest BCUT2D eigenvalue weighted by Crippen LogP contribution is -2.23. The van der Waals surface area contributed by atoms with E-state index in [4.69, 9.17) is 4.74 Å². The van der Waals surface area contributed by atoms with Crippen LogP contribution in [-0.2, 0) is 4.74 Å². The van der Waals surface area contributed by atoms with Crippen molar-refractivity contribution in [2.24, 2.45) is 0 Å². The molecular formula is C15H21BrINO. The molecule has 0 saturated carbocycles. The molecule has 2 atom stereocenters. The maximum absolute atomic E-state index is 5.73. The van der Waals surface area contributed by atoms with Crippen molar-refractivity contribution in [1.82, 2.24) is 5.32 Å². The minimum absolute atomic E-state index is 0.415. The minimum Gasteiger partial charge on any atom is -0.378 e. The Hall–Kier alpha value is 0.350. The van der Waals surface area contributed by atoms with Gasteiger partial charge in [0.1, 0.15) is 0 Å². The first-order valence-electron chi connectivity index (χ1n) is 7.00. The molecule has 0 bridgehead atoms. The Bertz CT molecular complexity index is 407. The number of ether oxygens (including phenoxy) is 1. The van der Waals surface area contributed by atoms with E-state index < -0.39 is 0 Å². The Kier molecular flexibility index (Phi) is 6.59. The highest BCUT2D eigenvalue weighted by Gasteiger charge is 2.19. The Labute approximate surface area is 138 Å². The van der Waals surface area contributed by atoms with Gasteiger partial charge in [-0.05, 0) is 78.6 Å². The zero-order valence-corrected chi connectivity index (χ0v) is 15.0. The largest absolute Gasteiger partial charge is 0.378 e. The summed E-state index contributed by atoms with van der Waals surface area (Å²) in [6.45, 7) is 4.11. The quantitative estimate of drug-likeness (QED) is 0.653. The van der Waals surface area contributed by atoms with Crippen molar-refractivity contribution in [3.8, 4) is 0 Å². The molecular weight excluding hydrogens is 417 g/mol. The third-order valence-corrected chi connectivity index (χ3v) is 4.98. The molecule has 2 unspecified atom stereocenters. The van der Waals surface area contributed by atoms with Gasteiger partial charge in [0.2, 0.25) is 0 Å². The van der Waals surface area contributed by atoms with Crippen LogP contribution in [0.4, 0.5) is 0 Å². The fraction of sp³-hybridized carbons (Fsp3) is 0.600. The molecule has 1 aromatic carbocycles. The van der Waals surface area contributed by atoms with Crippen molar-refractivity contribution in [2.45, 2.75) is 44.8 Å². The SMILES string of the molecule is CCNC(CCC1CCCO1)c1cc(I)ccc1Br. The van der Waals surface area contributed by atoms with Gasteiger partial charge in [-0.1, -0.05) is 22.9 Å². The predicted octanol–water partition coefficient (Wildman–Crippen LogP) is 4.66. The van der Waals surface area contributed by atoms with Gasteiger partial charge in [0.25, 0.3) is 0 Å². The van der Waals surface area contributed by atoms with E-state index in [9.17, 15) is 0 Å². The summed E-state index contributed by atoms with van der Waals surface area (Å²) in [4.78, 5) is 0. The van der Waals surface area contributed by atoms with Gasteiger partial charge in [-0.15, -0.1) is 0 Å². The summed E-state index contributed by atoms with van der Waals surface area (Å²) in [6, 6.07) is 6.97. The zero-order chi connectivity index (χ0) is 13.7. The Balaban J connectivity index is 2.03. The maximum Gasteiger partial charge on any atom is 0.0576 e. The van der Waals surface area contributed by atoms with Crippen molar-refractivity contribution >= 4 is 38.5 Å². The minimum atomic E-state index is 0.415. The van der Waals surface area contributed by atoms with Crippen LogP contribution in [-0.4, -0.2) is 19.3 Å². The van der Waals surface area contributed by atoms with E-state index in [-0.39, 0.29) is 0 Å². The molecule has 2 nitrogen and oxygen atoms in total. The van der Waals surface area contributed by atoms with E-state index in [1.807, 2.05) is 0 Å². The third-order valence-electron chi connectivity index (χ3n) is 3.59. The summed E-state index contributed by atoms with van der Waals surface area (Å²) in [6.07, 6.45) is 5.21. The van der Waals surface area contributed by atoms with Crippen LogP contribution in [0.15, 0.2) is 22.7 Å². The summed E-state index contributed by atoms with van der Waals surface area (Å²) >= 11 is 6.06. The molecule has 0 spiro atoms. The maximum atomic E-state index is 5.73. The first-order valence-corrected chi connectivity index (χ1v) is 8.87. The molecule has 106 valence electrons. The average molecular weight is 438 g/mol. The monoisotopic (exact) mass is 437 g/mol. The Morgan fingerprint density at radius 1 is 1.53 bits per heavy atom. The van der Waals surface area contributed by atoms with E-state index in [1.165, 1.54) is 26.4 Å². The first-order chi connectivity index (χ1) is 9.20. The van der Waals surface area contributed by atoms with E-state index in [1.54, 1.807) is 0 Å². The fourth-order valence-electron chi connectivity index (χ4n) is 2.62. The van der Waals surface area contributed by atoms with E-state index in [2.05, 4.69) is 69.0 Å². The summed E-state index contributed by atoms with van der Waals surface area (Å²) in [5, 5.41) is 3.60. The lowest BCUT2D eigenvalue weighted by Gasteiger charge is -2.21. The third kappa shape index (κ3) is 4.69. The number of nitrogens with one attached hydrogen (secondary N) is 1. The van der Waals surface area contributed by atoms with Crippen LogP contribution in [0.3, 0.4) is 0 Å². The van der Waals surface area contributed by atoms with Crippen molar-refractivity contribution in [3.63, 3.8) is 0 Å². The van der Waals surface area contributed by atoms with Gasteiger partial charge in [0.15, 0.2) is 0 Å².